The maximum Gasteiger partial charge on any atom is 0.224 e. The van der Waals surface area contributed by atoms with Crippen LogP contribution in [0.2, 0.25) is 5.28 Å². The number of aromatic nitrogens is 4. The number of piperazine rings is 1. The standard InChI is InChI=1S/C18H19ClN6/c1-12-11-16(23-18(19)20-12)24-7-9-25(10-8-24)17-13(2)21-14-5-3-4-6-15(14)22-17/h3-6,11H,7-10H2,1-2H3. The Labute approximate surface area is 151 Å². The Hall–Kier alpha value is -2.47. The van der Waals surface area contributed by atoms with Crippen molar-refractivity contribution in [2.75, 3.05) is 36.0 Å². The fourth-order valence-electron chi connectivity index (χ4n) is 3.20. The Morgan fingerprint density at radius 3 is 2.16 bits per heavy atom. The van der Waals surface area contributed by atoms with E-state index in [1.807, 2.05) is 44.2 Å². The van der Waals surface area contributed by atoms with Gasteiger partial charge in [0.2, 0.25) is 5.28 Å². The minimum absolute atomic E-state index is 0.300. The van der Waals surface area contributed by atoms with Crippen LogP contribution in [0.25, 0.3) is 11.0 Å². The maximum absolute atomic E-state index is 5.99. The van der Waals surface area contributed by atoms with E-state index >= 15 is 0 Å². The normalized spacial score (nSPS) is 15.0. The molecule has 4 rings (SSSR count). The molecule has 25 heavy (non-hydrogen) atoms. The van der Waals surface area contributed by atoms with Crippen LogP contribution in [0.5, 0.6) is 0 Å². The predicted molar refractivity (Wildman–Crippen MR) is 100 cm³/mol. The highest BCUT2D eigenvalue weighted by molar-refractivity contribution is 6.28. The van der Waals surface area contributed by atoms with E-state index in [1.54, 1.807) is 0 Å². The summed E-state index contributed by atoms with van der Waals surface area (Å²) in [7, 11) is 0. The predicted octanol–water partition coefficient (Wildman–Crippen LogP) is 3.02. The molecule has 1 aromatic carbocycles. The minimum Gasteiger partial charge on any atom is -0.353 e. The van der Waals surface area contributed by atoms with Crippen molar-refractivity contribution in [2.45, 2.75) is 13.8 Å². The van der Waals surface area contributed by atoms with Crippen molar-refractivity contribution in [3.05, 3.63) is 47.0 Å². The van der Waals surface area contributed by atoms with Crippen molar-refractivity contribution in [1.29, 1.82) is 0 Å². The molecule has 2 aromatic heterocycles. The molecular weight excluding hydrogens is 336 g/mol. The zero-order chi connectivity index (χ0) is 17.4. The smallest absolute Gasteiger partial charge is 0.224 e. The third-order valence-electron chi connectivity index (χ3n) is 4.44. The largest absolute Gasteiger partial charge is 0.353 e. The molecular formula is C18H19ClN6. The second kappa shape index (κ2) is 6.44. The maximum atomic E-state index is 5.99. The Kier molecular flexibility index (Phi) is 4.13. The number of para-hydroxylation sites is 2. The summed E-state index contributed by atoms with van der Waals surface area (Å²) in [6.07, 6.45) is 0. The summed E-state index contributed by atoms with van der Waals surface area (Å²) in [6, 6.07) is 9.97. The van der Waals surface area contributed by atoms with Gasteiger partial charge in [0.1, 0.15) is 5.82 Å². The SMILES string of the molecule is Cc1cc(N2CCN(c3nc4ccccc4nc3C)CC2)nc(Cl)n1. The quantitative estimate of drug-likeness (QED) is 0.659. The first-order valence-electron chi connectivity index (χ1n) is 8.34. The molecule has 0 N–H and O–H groups in total. The Morgan fingerprint density at radius 1 is 0.840 bits per heavy atom. The number of nitrogens with zero attached hydrogens (tertiary/aromatic N) is 6. The van der Waals surface area contributed by atoms with Crippen LogP contribution in [-0.4, -0.2) is 46.1 Å². The van der Waals surface area contributed by atoms with Gasteiger partial charge in [0.05, 0.1) is 16.7 Å². The molecule has 0 atom stereocenters. The second-order valence-electron chi connectivity index (χ2n) is 6.23. The van der Waals surface area contributed by atoms with E-state index in [-0.39, 0.29) is 0 Å². The molecule has 3 aromatic rings. The molecule has 1 saturated heterocycles. The Bertz CT molecular complexity index is 900. The van der Waals surface area contributed by atoms with Gasteiger partial charge in [-0.3, -0.25) is 0 Å². The van der Waals surface area contributed by atoms with E-state index in [0.29, 0.717) is 5.28 Å². The highest BCUT2D eigenvalue weighted by Crippen LogP contribution is 2.23. The van der Waals surface area contributed by atoms with Gasteiger partial charge in [0, 0.05) is 37.9 Å². The van der Waals surface area contributed by atoms with E-state index in [2.05, 4.69) is 19.8 Å². The van der Waals surface area contributed by atoms with Gasteiger partial charge in [-0.1, -0.05) is 12.1 Å². The van der Waals surface area contributed by atoms with Crippen molar-refractivity contribution in [3.8, 4) is 0 Å². The average Bonchev–Trinajstić information content (AvgIpc) is 2.60. The summed E-state index contributed by atoms with van der Waals surface area (Å²) >= 11 is 5.99. The molecule has 0 unspecified atom stereocenters. The zero-order valence-corrected chi connectivity index (χ0v) is 15.0. The van der Waals surface area contributed by atoms with E-state index in [0.717, 1.165) is 60.2 Å². The van der Waals surface area contributed by atoms with Crippen LogP contribution in [-0.2, 0) is 0 Å². The number of anilines is 2. The molecule has 1 aliphatic heterocycles. The van der Waals surface area contributed by atoms with Crippen molar-refractivity contribution >= 4 is 34.3 Å². The molecule has 1 aliphatic rings. The number of hydrogen-bond acceptors (Lipinski definition) is 6. The fourth-order valence-corrected chi connectivity index (χ4v) is 3.42. The van der Waals surface area contributed by atoms with Crippen LogP contribution < -0.4 is 9.80 Å². The van der Waals surface area contributed by atoms with Gasteiger partial charge < -0.3 is 9.80 Å². The van der Waals surface area contributed by atoms with Crippen LogP contribution in [0.3, 0.4) is 0 Å². The van der Waals surface area contributed by atoms with Crippen LogP contribution in [0.4, 0.5) is 11.6 Å². The van der Waals surface area contributed by atoms with E-state index < -0.39 is 0 Å². The van der Waals surface area contributed by atoms with Gasteiger partial charge in [-0.05, 0) is 37.6 Å². The molecule has 0 radical (unpaired) electrons. The van der Waals surface area contributed by atoms with Crippen molar-refractivity contribution in [3.63, 3.8) is 0 Å². The molecule has 3 heterocycles. The van der Waals surface area contributed by atoms with Crippen LogP contribution in [0.1, 0.15) is 11.4 Å². The summed E-state index contributed by atoms with van der Waals surface area (Å²) < 4.78 is 0. The van der Waals surface area contributed by atoms with Crippen molar-refractivity contribution < 1.29 is 0 Å². The van der Waals surface area contributed by atoms with Gasteiger partial charge in [-0.25, -0.2) is 19.9 Å². The number of rotatable bonds is 2. The monoisotopic (exact) mass is 354 g/mol. The topological polar surface area (TPSA) is 58.0 Å². The lowest BCUT2D eigenvalue weighted by atomic mass is 10.2. The molecule has 0 spiro atoms. The highest BCUT2D eigenvalue weighted by atomic mass is 35.5. The number of hydrogen-bond donors (Lipinski definition) is 0. The third kappa shape index (κ3) is 3.22. The highest BCUT2D eigenvalue weighted by Gasteiger charge is 2.21. The van der Waals surface area contributed by atoms with Gasteiger partial charge in [0.15, 0.2) is 5.82 Å². The first kappa shape index (κ1) is 16.0. The summed E-state index contributed by atoms with van der Waals surface area (Å²) in [5.41, 5.74) is 3.72. The fraction of sp³-hybridized carbons (Fsp3) is 0.333. The van der Waals surface area contributed by atoms with Gasteiger partial charge in [0.25, 0.3) is 0 Å². The van der Waals surface area contributed by atoms with Crippen molar-refractivity contribution in [1.82, 2.24) is 19.9 Å². The molecule has 128 valence electrons. The Balaban J connectivity index is 1.54. The molecule has 1 fully saturated rings. The van der Waals surface area contributed by atoms with E-state index in [9.17, 15) is 0 Å². The van der Waals surface area contributed by atoms with Crippen molar-refractivity contribution in [2.24, 2.45) is 0 Å². The molecule has 0 bridgehead atoms. The number of halogens is 1. The number of aryl methyl sites for hydroxylation is 2. The van der Waals surface area contributed by atoms with Crippen LogP contribution in [0.15, 0.2) is 30.3 Å². The van der Waals surface area contributed by atoms with Crippen LogP contribution in [0, 0.1) is 13.8 Å². The first-order valence-corrected chi connectivity index (χ1v) is 8.72. The minimum atomic E-state index is 0.300. The molecule has 6 nitrogen and oxygen atoms in total. The summed E-state index contributed by atoms with van der Waals surface area (Å²) in [5.74, 6) is 1.86. The number of benzene rings is 1. The summed E-state index contributed by atoms with van der Waals surface area (Å²) in [4.78, 5) is 22.5. The van der Waals surface area contributed by atoms with Crippen LogP contribution >= 0.6 is 11.6 Å². The van der Waals surface area contributed by atoms with E-state index in [4.69, 9.17) is 21.6 Å². The molecule has 0 amide bonds. The molecule has 0 aliphatic carbocycles. The number of fused-ring (bicyclic) bond motifs is 1. The lowest BCUT2D eigenvalue weighted by Crippen LogP contribution is -2.47. The lowest BCUT2D eigenvalue weighted by Gasteiger charge is -2.36. The van der Waals surface area contributed by atoms with Gasteiger partial charge in [-0.2, -0.15) is 0 Å². The summed E-state index contributed by atoms with van der Waals surface area (Å²) in [6.45, 7) is 7.42. The van der Waals surface area contributed by atoms with Gasteiger partial charge in [-0.15, -0.1) is 0 Å². The molecule has 0 saturated carbocycles. The average molecular weight is 355 g/mol. The summed E-state index contributed by atoms with van der Waals surface area (Å²) in [5, 5.41) is 0.300. The van der Waals surface area contributed by atoms with E-state index in [1.165, 1.54) is 0 Å². The lowest BCUT2D eigenvalue weighted by molar-refractivity contribution is 0.639. The first-order chi connectivity index (χ1) is 12.1. The zero-order valence-electron chi connectivity index (χ0n) is 14.3. The Morgan fingerprint density at radius 2 is 1.48 bits per heavy atom. The molecule has 7 heteroatoms. The van der Waals surface area contributed by atoms with Gasteiger partial charge >= 0.3 is 0 Å². The third-order valence-corrected chi connectivity index (χ3v) is 4.61. The second-order valence-corrected chi connectivity index (χ2v) is 6.57.